The smallest absolute Gasteiger partial charge is 0.338 e. The van der Waals surface area contributed by atoms with Gasteiger partial charge in [0.05, 0.1) is 27.4 Å². The molecule has 1 aromatic heterocycles. The van der Waals surface area contributed by atoms with Crippen LogP contribution in [0.25, 0.3) is 11.1 Å². The highest BCUT2D eigenvalue weighted by Gasteiger charge is 2.32. The third-order valence-electron chi connectivity index (χ3n) is 5.25. The van der Waals surface area contributed by atoms with Gasteiger partial charge >= 0.3 is 7.60 Å². The largest absolute Gasteiger partial charge is 0.497 e. The lowest BCUT2D eigenvalue weighted by molar-refractivity contribution is 0.100. The Hall–Kier alpha value is -3.39. The molecule has 0 aliphatic carbocycles. The van der Waals surface area contributed by atoms with Crippen molar-refractivity contribution in [3.63, 3.8) is 0 Å². The fourth-order valence-corrected chi connectivity index (χ4v) is 5.14. The standard InChI is InChI=1S/C26H30NO8P/c1-5-34-36(30,35-6-2)17-23(28)24-25(32-4)22(15-27-26(24)29)19-9-13-21(14-10-19)33-16-18-7-11-20(31-3)12-8-18/h7-15H,5-6,16-17H2,1-4H3,(H,27,29). The Balaban J connectivity index is 1.83. The van der Waals surface area contributed by atoms with Gasteiger partial charge in [0.2, 0.25) is 0 Å². The molecule has 192 valence electrons. The highest BCUT2D eigenvalue weighted by molar-refractivity contribution is 7.55. The molecule has 0 fully saturated rings. The van der Waals surface area contributed by atoms with Gasteiger partial charge in [-0.1, -0.05) is 24.3 Å². The lowest BCUT2D eigenvalue weighted by Crippen LogP contribution is -2.22. The molecule has 0 aliphatic heterocycles. The first-order valence-corrected chi connectivity index (χ1v) is 13.1. The fourth-order valence-electron chi connectivity index (χ4n) is 3.59. The van der Waals surface area contributed by atoms with Crippen LogP contribution >= 0.6 is 7.60 Å². The van der Waals surface area contributed by atoms with Crippen molar-refractivity contribution in [2.45, 2.75) is 20.5 Å². The van der Waals surface area contributed by atoms with E-state index in [-0.39, 0.29) is 24.5 Å². The van der Waals surface area contributed by atoms with E-state index < -0.39 is 25.1 Å². The van der Waals surface area contributed by atoms with Crippen LogP contribution in [0.2, 0.25) is 0 Å². The number of nitrogens with one attached hydrogen (secondary N) is 1. The zero-order valence-electron chi connectivity index (χ0n) is 20.7. The molecule has 0 unspecified atom stereocenters. The maximum absolute atomic E-state index is 13.0. The van der Waals surface area contributed by atoms with Crippen LogP contribution in [0.5, 0.6) is 17.2 Å². The van der Waals surface area contributed by atoms with E-state index in [0.717, 1.165) is 11.3 Å². The highest BCUT2D eigenvalue weighted by Crippen LogP contribution is 2.48. The number of ether oxygens (including phenoxy) is 3. The molecule has 36 heavy (non-hydrogen) atoms. The summed E-state index contributed by atoms with van der Waals surface area (Å²) < 4.78 is 39.8. The molecule has 0 aliphatic rings. The summed E-state index contributed by atoms with van der Waals surface area (Å²) in [5.41, 5.74) is 1.27. The second-order valence-corrected chi connectivity index (χ2v) is 9.68. The van der Waals surface area contributed by atoms with E-state index in [0.29, 0.717) is 23.5 Å². The normalized spacial score (nSPS) is 11.2. The van der Waals surface area contributed by atoms with Crippen molar-refractivity contribution in [1.82, 2.24) is 4.98 Å². The molecule has 0 saturated carbocycles. The Labute approximate surface area is 209 Å². The molecule has 1 N–H and O–H groups in total. The quantitative estimate of drug-likeness (QED) is 0.248. The van der Waals surface area contributed by atoms with Crippen LogP contribution in [0.4, 0.5) is 0 Å². The fraction of sp³-hybridized carbons (Fsp3) is 0.308. The van der Waals surface area contributed by atoms with E-state index in [1.165, 1.54) is 13.3 Å². The molecule has 9 nitrogen and oxygen atoms in total. The average Bonchev–Trinajstić information content (AvgIpc) is 2.88. The minimum atomic E-state index is -3.70. The first kappa shape index (κ1) is 27.2. The van der Waals surface area contributed by atoms with Gasteiger partial charge in [0, 0.05) is 11.8 Å². The third kappa shape index (κ3) is 6.63. The minimum absolute atomic E-state index is 0.0789. The van der Waals surface area contributed by atoms with Crippen LogP contribution in [-0.2, 0) is 20.2 Å². The van der Waals surface area contributed by atoms with Crippen molar-refractivity contribution >= 4 is 13.4 Å². The number of carbonyl (C=O) groups excluding carboxylic acids is 1. The summed E-state index contributed by atoms with van der Waals surface area (Å²) >= 11 is 0. The Bertz CT molecular complexity index is 1260. The first-order chi connectivity index (χ1) is 17.3. The molecule has 10 heteroatoms. The summed E-state index contributed by atoms with van der Waals surface area (Å²) in [5.74, 6) is 0.799. The minimum Gasteiger partial charge on any atom is -0.497 e. The molecule has 0 atom stereocenters. The summed E-state index contributed by atoms with van der Waals surface area (Å²) in [6, 6.07) is 14.7. The molecular weight excluding hydrogens is 485 g/mol. The Morgan fingerprint density at radius 3 is 2.06 bits per heavy atom. The molecule has 0 radical (unpaired) electrons. The van der Waals surface area contributed by atoms with Crippen LogP contribution in [0.3, 0.4) is 0 Å². The number of Topliss-reactive ketones (excluding diaryl/α,β-unsaturated/α-hetero) is 1. The van der Waals surface area contributed by atoms with Gasteiger partial charge in [0.15, 0.2) is 5.78 Å². The van der Waals surface area contributed by atoms with Gasteiger partial charge < -0.3 is 28.2 Å². The van der Waals surface area contributed by atoms with E-state index in [1.54, 1.807) is 45.2 Å². The van der Waals surface area contributed by atoms with E-state index in [4.69, 9.17) is 23.3 Å². The van der Waals surface area contributed by atoms with Crippen LogP contribution in [0.15, 0.2) is 59.5 Å². The summed E-state index contributed by atoms with van der Waals surface area (Å²) in [7, 11) is -0.722. The summed E-state index contributed by atoms with van der Waals surface area (Å²) in [6.07, 6.45) is 0.894. The van der Waals surface area contributed by atoms with Crippen molar-refractivity contribution in [3.05, 3.63) is 76.2 Å². The van der Waals surface area contributed by atoms with Gasteiger partial charge in [-0.2, -0.15) is 0 Å². The number of pyridine rings is 1. The molecule has 0 bridgehead atoms. The van der Waals surface area contributed by atoms with Crippen molar-refractivity contribution in [2.24, 2.45) is 0 Å². The van der Waals surface area contributed by atoms with Gasteiger partial charge in [-0.25, -0.2) is 0 Å². The molecule has 0 saturated heterocycles. The van der Waals surface area contributed by atoms with E-state index in [2.05, 4.69) is 4.98 Å². The van der Waals surface area contributed by atoms with Crippen LogP contribution < -0.4 is 19.8 Å². The van der Waals surface area contributed by atoms with Crippen molar-refractivity contribution in [2.75, 3.05) is 33.6 Å². The Morgan fingerprint density at radius 1 is 0.889 bits per heavy atom. The zero-order chi connectivity index (χ0) is 26.1. The molecule has 0 spiro atoms. The predicted molar refractivity (Wildman–Crippen MR) is 136 cm³/mol. The molecule has 0 amide bonds. The monoisotopic (exact) mass is 515 g/mol. The van der Waals surface area contributed by atoms with Gasteiger partial charge in [-0.3, -0.25) is 14.2 Å². The van der Waals surface area contributed by atoms with Crippen LogP contribution in [0.1, 0.15) is 29.8 Å². The predicted octanol–water partition coefficient (Wildman–Crippen LogP) is 5.09. The molecular formula is C26H30NO8P. The second-order valence-electron chi connectivity index (χ2n) is 7.63. The number of aromatic amines is 1. The Kier molecular flexibility index (Phi) is 9.47. The number of methoxy groups -OCH3 is 2. The molecule has 1 heterocycles. The van der Waals surface area contributed by atoms with Crippen LogP contribution in [-0.4, -0.2) is 44.4 Å². The van der Waals surface area contributed by atoms with E-state index in [9.17, 15) is 14.2 Å². The molecule has 3 aromatic rings. The molecule has 2 aromatic carbocycles. The first-order valence-electron chi connectivity index (χ1n) is 11.4. The maximum atomic E-state index is 13.0. The number of aromatic nitrogens is 1. The van der Waals surface area contributed by atoms with Gasteiger partial charge in [0.1, 0.15) is 35.6 Å². The van der Waals surface area contributed by atoms with E-state index in [1.807, 2.05) is 24.3 Å². The number of benzene rings is 2. The van der Waals surface area contributed by atoms with Gasteiger partial charge in [-0.15, -0.1) is 0 Å². The topological polar surface area (TPSA) is 113 Å². The summed E-state index contributed by atoms with van der Waals surface area (Å²) in [4.78, 5) is 28.2. The SMILES string of the molecule is CCOP(=O)(CC(=O)c1c(OC)c(-c2ccc(OCc3ccc(OC)cc3)cc2)c[nH]c1=O)OCC. The number of hydrogen-bond donors (Lipinski definition) is 1. The zero-order valence-corrected chi connectivity index (χ0v) is 21.6. The average molecular weight is 515 g/mol. The maximum Gasteiger partial charge on any atom is 0.338 e. The molecule has 3 rings (SSSR count). The lowest BCUT2D eigenvalue weighted by Gasteiger charge is -2.17. The number of rotatable bonds is 13. The Morgan fingerprint density at radius 2 is 1.50 bits per heavy atom. The number of carbonyl (C=O) groups is 1. The van der Waals surface area contributed by atoms with Gasteiger partial charge in [0.25, 0.3) is 5.56 Å². The van der Waals surface area contributed by atoms with E-state index >= 15 is 0 Å². The summed E-state index contributed by atoms with van der Waals surface area (Å²) in [5, 5.41) is 0. The number of H-pyrrole nitrogens is 1. The highest BCUT2D eigenvalue weighted by atomic mass is 31.2. The van der Waals surface area contributed by atoms with Crippen LogP contribution in [0, 0.1) is 0 Å². The third-order valence-corrected chi connectivity index (χ3v) is 7.23. The van der Waals surface area contributed by atoms with Crippen molar-refractivity contribution in [3.8, 4) is 28.4 Å². The number of hydrogen-bond acceptors (Lipinski definition) is 8. The second kappa shape index (κ2) is 12.5. The lowest BCUT2D eigenvalue weighted by atomic mass is 10.0. The van der Waals surface area contributed by atoms with Crippen molar-refractivity contribution in [1.29, 1.82) is 0 Å². The number of ketones is 1. The van der Waals surface area contributed by atoms with Crippen molar-refractivity contribution < 1.29 is 32.6 Å². The summed E-state index contributed by atoms with van der Waals surface area (Å²) in [6.45, 7) is 3.88. The van der Waals surface area contributed by atoms with Gasteiger partial charge in [-0.05, 0) is 49.2 Å².